The first-order chi connectivity index (χ1) is 14.5. The topological polar surface area (TPSA) is 43.7 Å². The smallest absolute Gasteiger partial charge is 0.256 e. The van der Waals surface area contributed by atoms with Crippen LogP contribution in [-0.2, 0) is 17.9 Å². The number of hydrogen-bond donors (Lipinski definition) is 0. The van der Waals surface area contributed by atoms with Crippen LogP contribution in [0.2, 0.25) is 0 Å². The summed E-state index contributed by atoms with van der Waals surface area (Å²) in [4.78, 5) is 14.4. The van der Waals surface area contributed by atoms with Crippen LogP contribution in [-0.4, -0.2) is 40.8 Å². The molecule has 160 valence electrons. The van der Waals surface area contributed by atoms with E-state index in [1.54, 1.807) is 6.07 Å². The molecule has 1 saturated heterocycles. The Hall–Kier alpha value is -2.25. The van der Waals surface area contributed by atoms with Gasteiger partial charge in [-0.3, -0.25) is 9.69 Å². The van der Waals surface area contributed by atoms with Crippen molar-refractivity contribution in [3.8, 4) is 16.9 Å². The molecule has 0 atom stereocenters. The van der Waals surface area contributed by atoms with Gasteiger partial charge in [-0.05, 0) is 42.2 Å². The Bertz CT molecular complexity index is 979. The molecule has 2 aromatic rings. The summed E-state index contributed by atoms with van der Waals surface area (Å²) in [7, 11) is 0. The largest absolute Gasteiger partial charge is 0.462 e. The second-order valence-corrected chi connectivity index (χ2v) is 8.54. The Morgan fingerprint density at radius 1 is 1.10 bits per heavy atom. The summed E-state index contributed by atoms with van der Waals surface area (Å²) in [6, 6.07) is 9.53. The molecule has 2 aliphatic heterocycles. The molecule has 0 N–H and O–H groups in total. The molecule has 1 spiro atoms. The zero-order chi connectivity index (χ0) is 20.7. The average Bonchev–Trinajstić information content (AvgIpc) is 2.69. The predicted molar refractivity (Wildman–Crippen MR) is 109 cm³/mol. The maximum Gasteiger partial charge on any atom is 0.256 e. The highest BCUT2D eigenvalue weighted by molar-refractivity contribution is 5.65. The molecule has 1 aliphatic carbocycles. The number of fused-ring (bicyclic) bond motifs is 1. The van der Waals surface area contributed by atoms with Crippen LogP contribution in [0, 0.1) is 0 Å². The third-order valence-corrected chi connectivity index (χ3v) is 6.65. The lowest BCUT2D eigenvalue weighted by atomic mass is 9.89. The highest BCUT2D eigenvalue weighted by Gasteiger charge is 2.42. The molecule has 3 aliphatic rings. The zero-order valence-corrected chi connectivity index (χ0v) is 16.9. The van der Waals surface area contributed by atoms with Crippen LogP contribution in [0.3, 0.4) is 0 Å². The molecule has 7 heteroatoms. The fraction of sp³-hybridized carbons (Fsp3) is 0.522. The summed E-state index contributed by atoms with van der Waals surface area (Å²) in [5.74, 6) is 0.280. The van der Waals surface area contributed by atoms with Crippen molar-refractivity contribution in [1.29, 1.82) is 0 Å². The number of rotatable bonds is 4. The van der Waals surface area contributed by atoms with Gasteiger partial charge < -0.3 is 14.0 Å². The molecule has 5 nitrogen and oxygen atoms in total. The number of hydrogen-bond acceptors (Lipinski definition) is 4. The Morgan fingerprint density at radius 3 is 2.57 bits per heavy atom. The van der Waals surface area contributed by atoms with E-state index < -0.39 is 24.3 Å². The van der Waals surface area contributed by atoms with Gasteiger partial charge in [0.05, 0.1) is 13.2 Å². The van der Waals surface area contributed by atoms with Gasteiger partial charge in [0.15, 0.2) is 0 Å². The summed E-state index contributed by atoms with van der Waals surface area (Å²) in [5.41, 5.74) is 2.07. The number of pyridine rings is 1. The molecule has 1 saturated carbocycles. The molecule has 0 unspecified atom stereocenters. The number of aromatic nitrogens is 1. The lowest BCUT2D eigenvalue weighted by molar-refractivity contribution is -0.231. The highest BCUT2D eigenvalue weighted by Crippen LogP contribution is 2.40. The van der Waals surface area contributed by atoms with Crippen molar-refractivity contribution >= 4 is 0 Å². The van der Waals surface area contributed by atoms with Gasteiger partial charge in [0.25, 0.3) is 12.0 Å². The summed E-state index contributed by atoms with van der Waals surface area (Å²) < 4.78 is 39.0. The normalized spacial score (nSPS) is 21.3. The monoisotopic (exact) mass is 416 g/mol. The predicted octanol–water partition coefficient (Wildman–Crippen LogP) is 4.03. The van der Waals surface area contributed by atoms with E-state index in [9.17, 15) is 13.6 Å². The van der Waals surface area contributed by atoms with E-state index in [2.05, 4.69) is 4.90 Å². The third kappa shape index (κ3) is 3.76. The van der Waals surface area contributed by atoms with Crippen LogP contribution in [0.25, 0.3) is 11.1 Å². The summed E-state index contributed by atoms with van der Waals surface area (Å²) in [5, 5.41) is 0. The average molecular weight is 416 g/mol. The second-order valence-electron chi connectivity index (χ2n) is 8.54. The van der Waals surface area contributed by atoms with Gasteiger partial charge in [-0.25, -0.2) is 8.78 Å². The van der Waals surface area contributed by atoms with E-state index in [4.69, 9.17) is 9.47 Å². The van der Waals surface area contributed by atoms with E-state index in [-0.39, 0.29) is 0 Å². The first-order valence-corrected chi connectivity index (χ1v) is 10.7. The van der Waals surface area contributed by atoms with E-state index >= 15 is 0 Å². The number of benzene rings is 1. The van der Waals surface area contributed by atoms with Crippen molar-refractivity contribution in [2.45, 2.75) is 63.5 Å². The Balaban J connectivity index is 1.32. The first-order valence-electron chi connectivity index (χ1n) is 10.7. The Kier molecular flexibility index (Phi) is 5.11. The summed E-state index contributed by atoms with van der Waals surface area (Å²) in [6.45, 7) is 1.86. The maximum absolute atomic E-state index is 12.7. The Labute approximate surface area is 174 Å². The lowest BCUT2D eigenvalue weighted by Crippen LogP contribution is -2.54. The van der Waals surface area contributed by atoms with Crippen LogP contribution in [0.1, 0.15) is 37.7 Å². The van der Waals surface area contributed by atoms with Crippen molar-refractivity contribution in [2.24, 2.45) is 0 Å². The molecule has 0 amide bonds. The number of ether oxygens (including phenoxy) is 2. The maximum atomic E-state index is 12.7. The third-order valence-electron chi connectivity index (χ3n) is 6.65. The quantitative estimate of drug-likeness (QED) is 0.755. The van der Waals surface area contributed by atoms with Crippen LogP contribution < -0.4 is 10.3 Å². The van der Waals surface area contributed by atoms with Crippen LogP contribution >= 0.6 is 0 Å². The van der Waals surface area contributed by atoms with Gasteiger partial charge in [0.2, 0.25) is 5.79 Å². The standard InChI is InChI=1S/C23H26F2N2O3/c24-21(25)14-27-13-17(5-7-22(27)28)16-4-6-20-18(12-16)15-29-23(30-20)8-10-26(11-9-23)19-2-1-3-19/h4-7,12-13,19,21H,1-3,8-11,14-15H2. The van der Waals surface area contributed by atoms with Gasteiger partial charge >= 0.3 is 0 Å². The molecular weight excluding hydrogens is 390 g/mol. The molecule has 3 heterocycles. The van der Waals surface area contributed by atoms with Crippen molar-refractivity contribution in [1.82, 2.24) is 9.47 Å². The van der Waals surface area contributed by atoms with Gasteiger partial charge in [-0.1, -0.05) is 12.5 Å². The van der Waals surface area contributed by atoms with Crippen LogP contribution in [0.15, 0.2) is 41.3 Å². The first kappa shape index (κ1) is 19.7. The van der Waals surface area contributed by atoms with Crippen LogP contribution in [0.4, 0.5) is 8.78 Å². The molecule has 1 aromatic heterocycles. The molecule has 5 rings (SSSR count). The number of halogens is 2. The minimum absolute atomic E-state index is 0.432. The minimum Gasteiger partial charge on any atom is -0.462 e. The number of nitrogens with zero attached hydrogens (tertiary/aromatic N) is 2. The lowest BCUT2D eigenvalue weighted by Gasteiger charge is -2.47. The molecule has 30 heavy (non-hydrogen) atoms. The number of likely N-dealkylation sites (tertiary alicyclic amines) is 1. The molecular formula is C23H26F2N2O3. The fourth-order valence-corrected chi connectivity index (χ4v) is 4.63. The van der Waals surface area contributed by atoms with Gasteiger partial charge in [0.1, 0.15) is 5.75 Å². The van der Waals surface area contributed by atoms with E-state index in [1.807, 2.05) is 18.2 Å². The van der Waals surface area contributed by atoms with Crippen molar-refractivity contribution < 1.29 is 18.3 Å². The summed E-state index contributed by atoms with van der Waals surface area (Å²) >= 11 is 0. The van der Waals surface area contributed by atoms with Gasteiger partial charge in [-0.2, -0.15) is 0 Å². The number of piperidine rings is 1. The van der Waals surface area contributed by atoms with E-state index in [1.165, 1.54) is 31.5 Å². The molecule has 2 fully saturated rings. The van der Waals surface area contributed by atoms with Crippen molar-refractivity contribution in [3.05, 3.63) is 52.4 Å². The SMILES string of the molecule is O=c1ccc(-c2ccc3c(c2)COC2(CCN(C4CCC4)CC2)O3)cn1CC(F)F. The fourth-order valence-electron chi connectivity index (χ4n) is 4.63. The van der Waals surface area contributed by atoms with Gasteiger partial charge in [-0.15, -0.1) is 0 Å². The Morgan fingerprint density at radius 2 is 1.87 bits per heavy atom. The zero-order valence-electron chi connectivity index (χ0n) is 16.9. The molecule has 0 radical (unpaired) electrons. The summed E-state index contributed by atoms with van der Waals surface area (Å²) in [6.07, 6.45) is 4.60. The van der Waals surface area contributed by atoms with E-state index in [0.29, 0.717) is 12.2 Å². The second kappa shape index (κ2) is 7.78. The molecule has 0 bridgehead atoms. The number of alkyl halides is 2. The minimum atomic E-state index is -2.57. The highest BCUT2D eigenvalue weighted by atomic mass is 19.3. The van der Waals surface area contributed by atoms with Crippen LogP contribution in [0.5, 0.6) is 5.75 Å². The van der Waals surface area contributed by atoms with Gasteiger partial charge in [0, 0.05) is 49.8 Å². The molecule has 1 aromatic carbocycles. The van der Waals surface area contributed by atoms with Crippen molar-refractivity contribution in [3.63, 3.8) is 0 Å². The van der Waals surface area contributed by atoms with E-state index in [0.717, 1.165) is 53.4 Å². The van der Waals surface area contributed by atoms with Crippen molar-refractivity contribution in [2.75, 3.05) is 13.1 Å².